The van der Waals surface area contributed by atoms with E-state index in [1.807, 2.05) is 6.07 Å². The van der Waals surface area contributed by atoms with Gasteiger partial charge in [0.15, 0.2) is 0 Å². The van der Waals surface area contributed by atoms with Crippen molar-refractivity contribution in [1.29, 1.82) is 0 Å². The van der Waals surface area contributed by atoms with E-state index in [0.717, 1.165) is 16.7 Å². The molecule has 2 N–H and O–H groups in total. The summed E-state index contributed by atoms with van der Waals surface area (Å²) in [5, 5.41) is 0. The number of halogens is 1. The minimum Gasteiger partial charge on any atom is -0.398 e. The zero-order valence-electron chi connectivity index (χ0n) is 10.6. The smallest absolute Gasteiger partial charge is 0.0461 e. The van der Waals surface area contributed by atoms with Crippen LogP contribution in [0.2, 0.25) is 0 Å². The first-order chi connectivity index (χ1) is 8.08. The molecular formula is C14H21BrN2. The Morgan fingerprint density at radius 1 is 1.29 bits per heavy atom. The minimum atomic E-state index is 0.684. The Morgan fingerprint density at radius 2 is 1.94 bits per heavy atom. The van der Waals surface area contributed by atoms with Gasteiger partial charge in [0.05, 0.1) is 0 Å². The summed E-state index contributed by atoms with van der Waals surface area (Å²) >= 11 is 3.44. The number of anilines is 1. The molecule has 1 aromatic rings. The molecule has 0 amide bonds. The van der Waals surface area contributed by atoms with Gasteiger partial charge in [-0.25, -0.2) is 0 Å². The molecule has 0 saturated carbocycles. The molecule has 17 heavy (non-hydrogen) atoms. The van der Waals surface area contributed by atoms with Crippen LogP contribution in [0.1, 0.15) is 38.7 Å². The van der Waals surface area contributed by atoms with E-state index in [0.29, 0.717) is 12.1 Å². The van der Waals surface area contributed by atoms with Crippen LogP contribution in [-0.4, -0.2) is 17.0 Å². The quantitative estimate of drug-likeness (QED) is 0.841. The molecule has 0 aromatic heterocycles. The van der Waals surface area contributed by atoms with Gasteiger partial charge in [0.2, 0.25) is 0 Å². The van der Waals surface area contributed by atoms with E-state index in [4.69, 9.17) is 5.73 Å². The van der Waals surface area contributed by atoms with Gasteiger partial charge in [-0.1, -0.05) is 12.5 Å². The summed E-state index contributed by atoms with van der Waals surface area (Å²) in [6.45, 7) is 5.68. The molecule has 1 aliphatic rings. The van der Waals surface area contributed by atoms with E-state index in [2.05, 4.69) is 46.8 Å². The third kappa shape index (κ3) is 3.02. The van der Waals surface area contributed by atoms with E-state index < -0.39 is 0 Å². The van der Waals surface area contributed by atoms with Crippen molar-refractivity contribution in [3.8, 4) is 0 Å². The summed E-state index contributed by atoms with van der Waals surface area (Å²) in [5.41, 5.74) is 8.07. The Hall–Kier alpha value is -0.540. The van der Waals surface area contributed by atoms with Crippen molar-refractivity contribution in [1.82, 2.24) is 4.90 Å². The van der Waals surface area contributed by atoms with Crippen LogP contribution in [-0.2, 0) is 6.54 Å². The third-order valence-corrected chi connectivity index (χ3v) is 4.52. The summed E-state index contributed by atoms with van der Waals surface area (Å²) in [5.74, 6) is 0. The van der Waals surface area contributed by atoms with Crippen molar-refractivity contribution in [2.45, 2.75) is 51.7 Å². The van der Waals surface area contributed by atoms with Crippen LogP contribution in [0.5, 0.6) is 0 Å². The largest absolute Gasteiger partial charge is 0.398 e. The maximum Gasteiger partial charge on any atom is 0.0461 e. The third-order valence-electron chi connectivity index (χ3n) is 3.80. The van der Waals surface area contributed by atoms with Gasteiger partial charge in [-0.05, 0) is 60.3 Å². The molecule has 0 unspecified atom stereocenters. The van der Waals surface area contributed by atoms with E-state index in [-0.39, 0.29) is 0 Å². The van der Waals surface area contributed by atoms with Gasteiger partial charge in [0, 0.05) is 28.8 Å². The van der Waals surface area contributed by atoms with Crippen LogP contribution in [0, 0.1) is 0 Å². The van der Waals surface area contributed by atoms with E-state index in [9.17, 15) is 0 Å². The monoisotopic (exact) mass is 296 g/mol. The van der Waals surface area contributed by atoms with Crippen LogP contribution < -0.4 is 5.73 Å². The lowest BCUT2D eigenvalue weighted by Gasteiger charge is -2.39. The second kappa shape index (κ2) is 5.40. The van der Waals surface area contributed by atoms with Crippen LogP contribution >= 0.6 is 15.9 Å². The molecule has 0 bridgehead atoms. The van der Waals surface area contributed by atoms with E-state index >= 15 is 0 Å². The summed E-state index contributed by atoms with van der Waals surface area (Å²) in [4.78, 5) is 2.59. The van der Waals surface area contributed by atoms with Crippen molar-refractivity contribution in [3.05, 3.63) is 28.2 Å². The highest BCUT2D eigenvalue weighted by Gasteiger charge is 2.24. The molecule has 2 rings (SSSR count). The Bertz CT molecular complexity index is 382. The Morgan fingerprint density at radius 3 is 2.53 bits per heavy atom. The van der Waals surface area contributed by atoms with Crippen molar-refractivity contribution >= 4 is 21.6 Å². The molecule has 0 aliphatic carbocycles. The summed E-state index contributed by atoms with van der Waals surface area (Å²) in [7, 11) is 0. The maximum atomic E-state index is 5.93. The lowest BCUT2D eigenvalue weighted by Crippen LogP contribution is -2.42. The summed E-state index contributed by atoms with van der Waals surface area (Å²) in [6.07, 6.45) is 3.99. The predicted octanol–water partition coefficient (Wildman–Crippen LogP) is 3.79. The second-order valence-corrected chi connectivity index (χ2v) is 6.01. The van der Waals surface area contributed by atoms with Crippen LogP contribution in [0.3, 0.4) is 0 Å². The SMILES string of the molecule is C[C@@H]1CCC[C@H](C)N1Cc1ccc(Br)c(N)c1. The van der Waals surface area contributed by atoms with E-state index in [1.54, 1.807) is 0 Å². The fourth-order valence-electron chi connectivity index (χ4n) is 2.69. The highest BCUT2D eigenvalue weighted by molar-refractivity contribution is 9.10. The predicted molar refractivity (Wildman–Crippen MR) is 76.9 cm³/mol. The number of piperidine rings is 1. The summed E-state index contributed by atoms with van der Waals surface area (Å²) < 4.78 is 0.987. The first-order valence-corrected chi connectivity index (χ1v) is 7.17. The zero-order valence-corrected chi connectivity index (χ0v) is 12.2. The molecule has 0 radical (unpaired) electrons. The molecule has 2 nitrogen and oxygen atoms in total. The molecule has 1 aliphatic heterocycles. The van der Waals surface area contributed by atoms with Crippen molar-refractivity contribution in [3.63, 3.8) is 0 Å². The molecule has 2 atom stereocenters. The van der Waals surface area contributed by atoms with Gasteiger partial charge in [-0.15, -0.1) is 0 Å². The first-order valence-electron chi connectivity index (χ1n) is 6.37. The lowest BCUT2D eigenvalue weighted by atomic mass is 9.97. The molecule has 3 heteroatoms. The van der Waals surface area contributed by atoms with Gasteiger partial charge in [-0.2, -0.15) is 0 Å². The molecule has 94 valence electrons. The zero-order chi connectivity index (χ0) is 12.4. The fraction of sp³-hybridized carbons (Fsp3) is 0.571. The number of nitrogens with zero attached hydrogens (tertiary/aromatic N) is 1. The van der Waals surface area contributed by atoms with E-state index in [1.165, 1.54) is 24.8 Å². The van der Waals surface area contributed by atoms with Crippen molar-refractivity contribution in [2.75, 3.05) is 5.73 Å². The molecule has 1 heterocycles. The standard InChI is InChI=1S/C14H21BrN2/c1-10-4-3-5-11(2)17(10)9-12-6-7-13(15)14(16)8-12/h6-8,10-11H,3-5,9,16H2,1-2H3/t10-,11+. The number of likely N-dealkylation sites (tertiary alicyclic amines) is 1. The summed E-state index contributed by atoms with van der Waals surface area (Å²) in [6, 6.07) is 7.66. The number of nitrogens with two attached hydrogens (primary N) is 1. The Labute approximate surface area is 112 Å². The maximum absolute atomic E-state index is 5.93. The number of hydrogen-bond acceptors (Lipinski definition) is 2. The van der Waals surface area contributed by atoms with Gasteiger partial charge >= 0.3 is 0 Å². The van der Waals surface area contributed by atoms with Crippen LogP contribution in [0.4, 0.5) is 5.69 Å². The number of nitrogen functional groups attached to an aromatic ring is 1. The molecule has 1 saturated heterocycles. The normalized spacial score (nSPS) is 26.1. The topological polar surface area (TPSA) is 29.3 Å². The molecule has 1 fully saturated rings. The molecule has 1 aromatic carbocycles. The highest BCUT2D eigenvalue weighted by Crippen LogP contribution is 2.26. The lowest BCUT2D eigenvalue weighted by molar-refractivity contribution is 0.0953. The Balaban J connectivity index is 2.10. The molecule has 0 spiro atoms. The number of hydrogen-bond donors (Lipinski definition) is 1. The van der Waals surface area contributed by atoms with Gasteiger partial charge in [-0.3, -0.25) is 4.90 Å². The van der Waals surface area contributed by atoms with Gasteiger partial charge in [0.1, 0.15) is 0 Å². The van der Waals surface area contributed by atoms with Crippen LogP contribution in [0.25, 0.3) is 0 Å². The molecular weight excluding hydrogens is 276 g/mol. The number of benzene rings is 1. The highest BCUT2D eigenvalue weighted by atomic mass is 79.9. The van der Waals surface area contributed by atoms with Crippen LogP contribution in [0.15, 0.2) is 22.7 Å². The average molecular weight is 297 g/mol. The number of rotatable bonds is 2. The Kier molecular flexibility index (Phi) is 4.10. The van der Waals surface area contributed by atoms with Gasteiger partial charge in [0.25, 0.3) is 0 Å². The minimum absolute atomic E-state index is 0.684. The first kappa shape index (κ1) is 12.9. The fourth-order valence-corrected chi connectivity index (χ4v) is 2.94. The van der Waals surface area contributed by atoms with Crippen molar-refractivity contribution in [2.24, 2.45) is 0 Å². The average Bonchev–Trinajstić information content (AvgIpc) is 2.28. The van der Waals surface area contributed by atoms with Gasteiger partial charge < -0.3 is 5.73 Å². The van der Waals surface area contributed by atoms with Crippen molar-refractivity contribution < 1.29 is 0 Å². The second-order valence-electron chi connectivity index (χ2n) is 5.16.